The number of nitrogens with zero attached hydrogens (tertiary/aromatic N) is 1. The first kappa shape index (κ1) is 42.3. The van der Waals surface area contributed by atoms with Crippen LogP contribution in [-0.4, -0.2) is 64.5 Å². The van der Waals surface area contributed by atoms with Crippen molar-refractivity contribution in [2.24, 2.45) is 0 Å². The standard InChI is InChI=1S/C40H33N5O10.C2H3N/c1-55-36-32(20-19-31(35(36)49)39(52)44-29-15-9-26(10-16-29)40(53)54)45-38(51)25-7-13-28(14-8-25)43-34(48)22-41-37(50)24-5-11-27(12-6-24)42-33(47)21-4-23-2-17-30(46)18-3-23;1-2-3/h2-21,46,49H,22H2,1H3,(H,41,50)(H,42,47)(H,43,48)(H,44,52)(H,45,51)(H,53,54);1H3/b21-4+;. The summed E-state index contributed by atoms with van der Waals surface area (Å²) in [7, 11) is 1.25. The van der Waals surface area contributed by atoms with E-state index < -0.39 is 41.3 Å². The molecule has 294 valence electrons. The molecule has 5 rings (SSSR count). The molecular formula is C42H36N6O10. The van der Waals surface area contributed by atoms with Crippen molar-refractivity contribution in [3.05, 3.63) is 143 Å². The van der Waals surface area contributed by atoms with Gasteiger partial charge in [0.05, 0.1) is 36.5 Å². The van der Waals surface area contributed by atoms with Crippen LogP contribution >= 0.6 is 0 Å². The molecule has 0 atom stereocenters. The summed E-state index contributed by atoms with van der Waals surface area (Å²) in [4.78, 5) is 74.2. The SMILES string of the molecule is CC#N.COc1c(NC(=O)c2ccc(NC(=O)CNC(=O)c3ccc(NC(=O)/C=C/c4ccc(O)cc4)cc3)cc2)ccc(C(=O)Nc2ccc(C(=O)O)cc2)c1O. The number of aromatic hydroxyl groups is 2. The number of nitriles is 1. The lowest BCUT2D eigenvalue weighted by atomic mass is 10.1. The van der Waals surface area contributed by atoms with Gasteiger partial charge in [-0.3, -0.25) is 24.0 Å². The van der Waals surface area contributed by atoms with Gasteiger partial charge in [-0.15, -0.1) is 0 Å². The van der Waals surface area contributed by atoms with Gasteiger partial charge < -0.3 is 46.6 Å². The van der Waals surface area contributed by atoms with Gasteiger partial charge in [-0.25, -0.2) is 4.79 Å². The van der Waals surface area contributed by atoms with E-state index in [0.29, 0.717) is 17.1 Å². The topological polar surface area (TPSA) is 256 Å². The third kappa shape index (κ3) is 12.0. The van der Waals surface area contributed by atoms with E-state index in [-0.39, 0.29) is 46.0 Å². The summed E-state index contributed by atoms with van der Waals surface area (Å²) >= 11 is 0. The van der Waals surface area contributed by atoms with Crippen LogP contribution in [0, 0.1) is 11.3 Å². The molecule has 0 aromatic heterocycles. The summed E-state index contributed by atoms with van der Waals surface area (Å²) in [6.45, 7) is 1.08. The molecule has 0 saturated carbocycles. The average molecular weight is 785 g/mol. The number of rotatable bonds is 13. The van der Waals surface area contributed by atoms with E-state index in [4.69, 9.17) is 15.1 Å². The van der Waals surface area contributed by atoms with E-state index in [2.05, 4.69) is 26.6 Å². The zero-order valence-corrected chi connectivity index (χ0v) is 30.9. The van der Waals surface area contributed by atoms with Crippen molar-refractivity contribution in [3.8, 4) is 23.3 Å². The van der Waals surface area contributed by atoms with E-state index in [1.165, 1.54) is 105 Å². The summed E-state index contributed by atoms with van der Waals surface area (Å²) < 4.78 is 5.26. The molecule has 0 heterocycles. The number of amides is 5. The van der Waals surface area contributed by atoms with Crippen LogP contribution in [0.3, 0.4) is 0 Å². The maximum Gasteiger partial charge on any atom is 0.335 e. The molecule has 0 aliphatic carbocycles. The number of methoxy groups -OCH3 is 1. The summed E-state index contributed by atoms with van der Waals surface area (Å²) in [5.74, 6) is -4.45. The maximum absolute atomic E-state index is 13.0. The van der Waals surface area contributed by atoms with Gasteiger partial charge in [-0.05, 0) is 109 Å². The van der Waals surface area contributed by atoms with E-state index in [9.17, 15) is 39.0 Å². The summed E-state index contributed by atoms with van der Waals surface area (Å²) in [5, 5.41) is 49.5. The Kier molecular flexibility index (Phi) is 14.8. The van der Waals surface area contributed by atoms with E-state index in [1.54, 1.807) is 36.4 Å². The molecule has 58 heavy (non-hydrogen) atoms. The smallest absolute Gasteiger partial charge is 0.335 e. The molecule has 16 heteroatoms. The molecule has 0 unspecified atom stereocenters. The lowest BCUT2D eigenvalue weighted by Crippen LogP contribution is -2.32. The van der Waals surface area contributed by atoms with Gasteiger partial charge in [0.15, 0.2) is 11.5 Å². The maximum atomic E-state index is 13.0. The molecule has 5 aromatic rings. The first-order valence-electron chi connectivity index (χ1n) is 17.0. The predicted octanol–water partition coefficient (Wildman–Crippen LogP) is 5.86. The number of phenolic OH excluding ortho intramolecular Hbond substituents is 2. The van der Waals surface area contributed by atoms with Gasteiger partial charge in [0, 0.05) is 41.2 Å². The van der Waals surface area contributed by atoms with Gasteiger partial charge in [0.2, 0.25) is 11.8 Å². The average Bonchev–Trinajstić information content (AvgIpc) is 3.21. The number of benzene rings is 5. The number of carbonyl (C=O) groups is 6. The van der Waals surface area contributed by atoms with Crippen LogP contribution in [0.4, 0.5) is 22.7 Å². The minimum absolute atomic E-state index is 0.0343. The summed E-state index contributed by atoms with van der Waals surface area (Å²) in [6.07, 6.45) is 2.92. The number of hydrogen-bond acceptors (Lipinski definition) is 10. The monoisotopic (exact) mass is 784 g/mol. The second-order valence-electron chi connectivity index (χ2n) is 11.9. The minimum Gasteiger partial charge on any atom is -0.508 e. The zero-order valence-electron chi connectivity index (χ0n) is 30.9. The van der Waals surface area contributed by atoms with Crippen LogP contribution in [0.2, 0.25) is 0 Å². The molecule has 0 bridgehead atoms. The molecule has 0 fully saturated rings. The number of hydrogen-bond donors (Lipinski definition) is 8. The predicted molar refractivity (Wildman–Crippen MR) is 215 cm³/mol. The van der Waals surface area contributed by atoms with Crippen LogP contribution in [0.25, 0.3) is 6.08 Å². The molecule has 0 aliphatic heterocycles. The number of nitrogens with one attached hydrogen (secondary N) is 5. The van der Waals surface area contributed by atoms with Crippen LogP contribution in [0.15, 0.2) is 115 Å². The van der Waals surface area contributed by atoms with Crippen LogP contribution in [0.1, 0.15) is 53.9 Å². The highest BCUT2D eigenvalue weighted by atomic mass is 16.5. The molecule has 0 aliphatic rings. The second-order valence-corrected chi connectivity index (χ2v) is 11.9. The number of aromatic carboxylic acids is 1. The molecule has 0 saturated heterocycles. The highest BCUT2D eigenvalue weighted by Crippen LogP contribution is 2.38. The van der Waals surface area contributed by atoms with Crippen LogP contribution in [0.5, 0.6) is 17.2 Å². The van der Waals surface area contributed by atoms with Crippen molar-refractivity contribution in [1.82, 2.24) is 5.32 Å². The van der Waals surface area contributed by atoms with Gasteiger partial charge in [0.25, 0.3) is 17.7 Å². The Bertz CT molecular complexity index is 2370. The van der Waals surface area contributed by atoms with Gasteiger partial charge in [0.1, 0.15) is 5.75 Å². The van der Waals surface area contributed by atoms with Crippen molar-refractivity contribution >= 4 is 64.3 Å². The number of phenols is 2. The fraction of sp³-hybridized carbons (Fsp3) is 0.0714. The number of carbonyl (C=O) groups excluding carboxylic acids is 5. The highest BCUT2D eigenvalue weighted by Gasteiger charge is 2.21. The number of anilines is 4. The second kappa shape index (κ2) is 20.3. The zero-order chi connectivity index (χ0) is 42.2. The van der Waals surface area contributed by atoms with Crippen LogP contribution < -0.4 is 31.3 Å². The minimum atomic E-state index is -1.12. The van der Waals surface area contributed by atoms with Crippen molar-refractivity contribution in [3.63, 3.8) is 0 Å². The summed E-state index contributed by atoms with van der Waals surface area (Å²) in [5.41, 5.74) is 2.20. The number of carboxylic acid groups (broad SMARTS) is 1. The lowest BCUT2D eigenvalue weighted by molar-refractivity contribution is -0.115. The van der Waals surface area contributed by atoms with E-state index in [1.807, 2.05) is 0 Å². The highest BCUT2D eigenvalue weighted by molar-refractivity contribution is 6.10. The van der Waals surface area contributed by atoms with Crippen molar-refractivity contribution in [2.75, 3.05) is 34.9 Å². The molecule has 0 spiro atoms. The Labute approximate surface area is 331 Å². The Morgan fingerprint density at radius 3 is 1.72 bits per heavy atom. The Balaban J connectivity index is 0.00000240. The van der Waals surface area contributed by atoms with Crippen molar-refractivity contribution in [2.45, 2.75) is 6.92 Å². The molecule has 8 N–H and O–H groups in total. The normalized spacial score (nSPS) is 10.2. The quantitative estimate of drug-likeness (QED) is 0.0656. The van der Waals surface area contributed by atoms with Gasteiger partial charge in [-0.2, -0.15) is 5.26 Å². The molecular weight excluding hydrogens is 748 g/mol. The van der Waals surface area contributed by atoms with Crippen molar-refractivity contribution in [1.29, 1.82) is 5.26 Å². The Morgan fingerprint density at radius 1 is 0.655 bits per heavy atom. The molecule has 0 radical (unpaired) electrons. The third-order valence-electron chi connectivity index (χ3n) is 7.79. The summed E-state index contributed by atoms with van der Waals surface area (Å²) in [6, 6.07) is 28.0. The number of carboxylic acids is 1. The van der Waals surface area contributed by atoms with E-state index in [0.717, 1.165) is 5.56 Å². The molecule has 16 nitrogen and oxygen atoms in total. The fourth-order valence-electron chi connectivity index (χ4n) is 4.97. The third-order valence-corrected chi connectivity index (χ3v) is 7.79. The van der Waals surface area contributed by atoms with Gasteiger partial charge >= 0.3 is 5.97 Å². The fourth-order valence-corrected chi connectivity index (χ4v) is 4.97. The molecule has 5 aromatic carbocycles. The van der Waals surface area contributed by atoms with Crippen molar-refractivity contribution < 1.29 is 48.8 Å². The largest absolute Gasteiger partial charge is 0.508 e. The lowest BCUT2D eigenvalue weighted by Gasteiger charge is -2.15. The van der Waals surface area contributed by atoms with Crippen LogP contribution in [-0.2, 0) is 9.59 Å². The first-order valence-corrected chi connectivity index (χ1v) is 17.0. The molecule has 5 amide bonds. The Hall–Kier alpha value is -8.45. The van der Waals surface area contributed by atoms with Gasteiger partial charge in [-0.1, -0.05) is 12.1 Å². The first-order chi connectivity index (χ1) is 27.8. The Morgan fingerprint density at radius 2 is 1.17 bits per heavy atom. The number of ether oxygens (including phenoxy) is 1. The van der Waals surface area contributed by atoms with E-state index >= 15 is 0 Å².